The van der Waals surface area contributed by atoms with E-state index in [1.54, 1.807) is 0 Å². The van der Waals surface area contributed by atoms with Gasteiger partial charge in [0.15, 0.2) is 0 Å². The second-order valence-corrected chi connectivity index (χ2v) is 14.4. The Morgan fingerprint density at radius 3 is 1.58 bits per heavy atom. The summed E-state index contributed by atoms with van der Waals surface area (Å²) < 4.78 is 9.29. The highest BCUT2D eigenvalue weighted by Crippen LogP contribution is 2.53. The van der Waals surface area contributed by atoms with Gasteiger partial charge < -0.3 is 13.9 Å². The first kappa shape index (κ1) is 30.1. The lowest BCUT2D eigenvalue weighted by atomic mass is 9.92. The quantitative estimate of drug-likeness (QED) is 0.178. The molecule has 2 heterocycles. The molecule has 0 bridgehead atoms. The van der Waals surface area contributed by atoms with Gasteiger partial charge in [0.1, 0.15) is 11.2 Å². The van der Waals surface area contributed by atoms with Crippen LogP contribution in [0.4, 0.5) is 17.1 Å². The first-order chi connectivity index (χ1) is 27.3. The van der Waals surface area contributed by atoms with Crippen LogP contribution in [0.25, 0.3) is 93.6 Å². The molecule has 0 amide bonds. The highest BCUT2D eigenvalue weighted by atomic mass is 16.3. The number of anilines is 3. The van der Waals surface area contributed by atoms with Crippen LogP contribution in [0.3, 0.4) is 0 Å². The van der Waals surface area contributed by atoms with E-state index < -0.39 is 0 Å². The van der Waals surface area contributed by atoms with Crippen molar-refractivity contribution in [1.82, 2.24) is 4.57 Å². The first-order valence-corrected chi connectivity index (χ1v) is 18.9. The zero-order chi connectivity index (χ0) is 36.0. The molecule has 9 aromatic carbocycles. The zero-order valence-corrected chi connectivity index (χ0v) is 29.8. The topological polar surface area (TPSA) is 21.3 Å². The number of rotatable bonds is 5. The second-order valence-electron chi connectivity index (χ2n) is 14.4. The van der Waals surface area contributed by atoms with E-state index in [0.29, 0.717) is 0 Å². The minimum absolute atomic E-state index is 0.906. The van der Waals surface area contributed by atoms with Crippen molar-refractivity contribution in [2.24, 2.45) is 0 Å². The van der Waals surface area contributed by atoms with Crippen molar-refractivity contribution in [3.63, 3.8) is 0 Å². The molecule has 2 aromatic heterocycles. The Labute approximate surface area is 317 Å². The first-order valence-electron chi connectivity index (χ1n) is 18.9. The smallest absolute Gasteiger partial charge is 0.145 e. The molecule has 0 saturated carbocycles. The number of hydrogen-bond donors (Lipinski definition) is 0. The van der Waals surface area contributed by atoms with Gasteiger partial charge in [-0.2, -0.15) is 0 Å². The molecule has 0 atom stereocenters. The molecule has 0 radical (unpaired) electrons. The predicted molar refractivity (Wildman–Crippen MR) is 230 cm³/mol. The molecule has 0 saturated heterocycles. The molecule has 0 aliphatic heterocycles. The van der Waals surface area contributed by atoms with Crippen LogP contribution >= 0.6 is 0 Å². The molecular weight excluding hydrogens is 669 g/mol. The minimum Gasteiger partial charge on any atom is -0.455 e. The molecule has 0 fully saturated rings. The van der Waals surface area contributed by atoms with Gasteiger partial charge in [-0.1, -0.05) is 133 Å². The van der Waals surface area contributed by atoms with Gasteiger partial charge in [0, 0.05) is 49.7 Å². The van der Waals surface area contributed by atoms with E-state index in [-0.39, 0.29) is 0 Å². The van der Waals surface area contributed by atoms with Gasteiger partial charge in [-0.05, 0) is 94.0 Å². The number of hydrogen-bond acceptors (Lipinski definition) is 2. The Bertz CT molecular complexity index is 3240. The molecule has 55 heavy (non-hydrogen) atoms. The monoisotopic (exact) mass is 700 g/mol. The van der Waals surface area contributed by atoms with Crippen molar-refractivity contribution >= 4 is 71.6 Å². The van der Waals surface area contributed by atoms with Gasteiger partial charge in [0.25, 0.3) is 0 Å². The zero-order valence-electron chi connectivity index (χ0n) is 29.8. The Morgan fingerprint density at radius 2 is 0.891 bits per heavy atom. The fourth-order valence-electron chi connectivity index (χ4n) is 9.18. The van der Waals surface area contributed by atoms with Crippen LogP contribution in [0.2, 0.25) is 0 Å². The Kier molecular flexibility index (Phi) is 6.34. The maximum Gasteiger partial charge on any atom is 0.145 e. The summed E-state index contributed by atoms with van der Waals surface area (Å²) in [4.78, 5) is 2.30. The number of nitrogens with zero attached hydrogens (tertiary/aromatic N) is 2. The summed E-state index contributed by atoms with van der Waals surface area (Å²) in [6.07, 6.45) is 0. The van der Waals surface area contributed by atoms with Gasteiger partial charge in [-0.25, -0.2) is 0 Å². The van der Waals surface area contributed by atoms with Gasteiger partial charge in [-0.3, -0.25) is 0 Å². The Morgan fingerprint density at radius 1 is 0.364 bits per heavy atom. The lowest BCUT2D eigenvalue weighted by molar-refractivity contribution is 0.673. The lowest BCUT2D eigenvalue weighted by Crippen LogP contribution is -2.09. The molecule has 3 heteroatoms. The van der Waals surface area contributed by atoms with Gasteiger partial charge >= 0.3 is 0 Å². The Balaban J connectivity index is 1.07. The van der Waals surface area contributed by atoms with Crippen molar-refractivity contribution in [3.05, 3.63) is 194 Å². The van der Waals surface area contributed by atoms with E-state index in [9.17, 15) is 0 Å². The Hall–Kier alpha value is -7.36. The number of benzene rings is 9. The predicted octanol–water partition coefficient (Wildman–Crippen LogP) is 14.6. The molecule has 1 aliphatic rings. The minimum atomic E-state index is 0.906. The number of furan rings is 1. The SMILES string of the molecule is c1ccc(N(c2ccccc2)c2ccc(-c3ccc(-n4c5cccc6c5c5c7c(cccc7c7oc8ccccc8c7c54)-c4ccccc4-6)cc3)cc2)cc1. The molecule has 11 aromatic rings. The van der Waals surface area contributed by atoms with E-state index in [0.717, 1.165) is 50.1 Å². The normalized spacial score (nSPS) is 12.0. The summed E-state index contributed by atoms with van der Waals surface area (Å²) in [5, 5.41) is 7.26. The van der Waals surface area contributed by atoms with Crippen LogP contribution in [-0.4, -0.2) is 4.57 Å². The van der Waals surface area contributed by atoms with E-state index in [1.807, 2.05) is 0 Å². The molecule has 1 aliphatic carbocycles. The van der Waals surface area contributed by atoms with Crippen molar-refractivity contribution in [2.45, 2.75) is 0 Å². The standard InChI is InChI=1S/C52H32N2O/c1-3-13-35(14-4-1)53(36-15-5-2-6-16-36)37-29-25-33(26-30-37)34-27-31-38(32-28-34)54-45-23-12-21-42-40-18-8-7-17-39(40)41-20-11-22-44-47(41)50(48(42)45)51(54)49-43-19-9-10-24-46(43)55-52(44)49/h1-32H. The molecule has 0 unspecified atom stereocenters. The number of fused-ring (bicyclic) bond motifs is 8. The lowest BCUT2D eigenvalue weighted by Gasteiger charge is -2.25. The van der Waals surface area contributed by atoms with Crippen molar-refractivity contribution < 1.29 is 4.42 Å². The average molecular weight is 701 g/mol. The summed E-state index contributed by atoms with van der Waals surface area (Å²) in [5.41, 5.74) is 16.1. The van der Waals surface area contributed by atoms with Crippen LogP contribution in [0.1, 0.15) is 0 Å². The average Bonchev–Trinajstić information content (AvgIpc) is 3.78. The second kappa shape index (κ2) is 11.6. The van der Waals surface area contributed by atoms with Crippen LogP contribution in [-0.2, 0) is 0 Å². The third kappa shape index (κ3) is 4.32. The third-order valence-electron chi connectivity index (χ3n) is 11.5. The van der Waals surface area contributed by atoms with Gasteiger partial charge in [0.05, 0.1) is 16.4 Å². The van der Waals surface area contributed by atoms with Crippen LogP contribution in [0, 0.1) is 0 Å². The summed E-state index contributed by atoms with van der Waals surface area (Å²) in [6.45, 7) is 0. The summed E-state index contributed by atoms with van der Waals surface area (Å²) in [6, 6.07) is 69.9. The van der Waals surface area contributed by atoms with Crippen molar-refractivity contribution in [1.29, 1.82) is 0 Å². The van der Waals surface area contributed by atoms with Gasteiger partial charge in [-0.15, -0.1) is 0 Å². The van der Waals surface area contributed by atoms with Crippen molar-refractivity contribution in [3.8, 4) is 39.1 Å². The highest BCUT2D eigenvalue weighted by molar-refractivity contribution is 6.39. The fraction of sp³-hybridized carbons (Fsp3) is 0. The van der Waals surface area contributed by atoms with Crippen LogP contribution in [0.15, 0.2) is 199 Å². The van der Waals surface area contributed by atoms with E-state index >= 15 is 0 Å². The largest absolute Gasteiger partial charge is 0.455 e. The summed E-state index contributed by atoms with van der Waals surface area (Å²) in [7, 11) is 0. The number of aromatic nitrogens is 1. The maximum atomic E-state index is 6.81. The molecule has 256 valence electrons. The maximum absolute atomic E-state index is 6.81. The van der Waals surface area contributed by atoms with Crippen molar-refractivity contribution in [2.75, 3.05) is 4.90 Å². The van der Waals surface area contributed by atoms with E-state index in [4.69, 9.17) is 4.42 Å². The molecule has 0 N–H and O–H groups in total. The third-order valence-corrected chi connectivity index (χ3v) is 11.5. The fourth-order valence-corrected chi connectivity index (χ4v) is 9.18. The van der Waals surface area contributed by atoms with Crippen LogP contribution < -0.4 is 4.90 Å². The highest BCUT2D eigenvalue weighted by Gasteiger charge is 2.28. The van der Waals surface area contributed by atoms with E-state index in [1.165, 1.54) is 60.6 Å². The molecular formula is C52H32N2O. The summed E-state index contributed by atoms with van der Waals surface area (Å²) in [5.74, 6) is 0. The molecule has 3 nitrogen and oxygen atoms in total. The summed E-state index contributed by atoms with van der Waals surface area (Å²) >= 11 is 0. The number of para-hydroxylation sites is 3. The molecule has 12 rings (SSSR count). The molecule has 0 spiro atoms. The van der Waals surface area contributed by atoms with E-state index in [2.05, 4.69) is 204 Å². The van der Waals surface area contributed by atoms with Gasteiger partial charge in [0.2, 0.25) is 0 Å². The van der Waals surface area contributed by atoms with Crippen LogP contribution in [0.5, 0.6) is 0 Å².